The van der Waals surface area contributed by atoms with Gasteiger partial charge in [0, 0.05) is 21.4 Å². The van der Waals surface area contributed by atoms with E-state index < -0.39 is 0 Å². The highest BCUT2D eigenvalue weighted by molar-refractivity contribution is 7.98. The van der Waals surface area contributed by atoms with E-state index in [-0.39, 0.29) is 0 Å². The summed E-state index contributed by atoms with van der Waals surface area (Å²) in [7, 11) is 0. The summed E-state index contributed by atoms with van der Waals surface area (Å²) in [6.45, 7) is 2.09. The van der Waals surface area contributed by atoms with Crippen molar-refractivity contribution in [2.45, 2.75) is 17.6 Å². The largest absolute Gasteiger partial charge is 0.399 e. The van der Waals surface area contributed by atoms with Crippen molar-refractivity contribution in [2.75, 3.05) is 5.73 Å². The first kappa shape index (κ1) is 12.3. The van der Waals surface area contributed by atoms with Gasteiger partial charge in [-0.2, -0.15) is 0 Å². The zero-order valence-corrected chi connectivity index (χ0v) is 11.2. The molecular formula is C14H14ClNS. The summed E-state index contributed by atoms with van der Waals surface area (Å²) in [6, 6.07) is 14.1. The Morgan fingerprint density at radius 2 is 2.00 bits per heavy atom. The number of benzene rings is 2. The first-order valence-electron chi connectivity index (χ1n) is 5.38. The van der Waals surface area contributed by atoms with E-state index in [1.807, 2.05) is 18.2 Å². The van der Waals surface area contributed by atoms with Crippen LogP contribution in [0.25, 0.3) is 0 Å². The molecule has 0 radical (unpaired) electrons. The molecule has 88 valence electrons. The average molecular weight is 264 g/mol. The maximum absolute atomic E-state index is 6.12. The number of halogens is 1. The third-order valence-electron chi connectivity index (χ3n) is 2.45. The number of hydrogen-bond acceptors (Lipinski definition) is 2. The smallest absolute Gasteiger partial charge is 0.0448 e. The molecule has 2 aromatic carbocycles. The Balaban J connectivity index is 2.09. The van der Waals surface area contributed by atoms with Crippen molar-refractivity contribution >= 4 is 29.1 Å². The van der Waals surface area contributed by atoms with Gasteiger partial charge in [0.25, 0.3) is 0 Å². The van der Waals surface area contributed by atoms with Crippen molar-refractivity contribution in [1.82, 2.24) is 0 Å². The Kier molecular flexibility index (Phi) is 3.97. The van der Waals surface area contributed by atoms with E-state index in [1.54, 1.807) is 11.8 Å². The van der Waals surface area contributed by atoms with Crippen LogP contribution >= 0.6 is 23.4 Å². The van der Waals surface area contributed by atoms with Crippen molar-refractivity contribution in [3.8, 4) is 0 Å². The fraction of sp³-hybridized carbons (Fsp3) is 0.143. The number of nitrogen functional groups attached to an aromatic ring is 1. The molecule has 0 bridgehead atoms. The molecule has 17 heavy (non-hydrogen) atoms. The predicted octanol–water partition coefficient (Wildman–Crippen LogP) is 4.52. The molecule has 0 fully saturated rings. The Hall–Kier alpha value is -1.12. The second kappa shape index (κ2) is 5.48. The van der Waals surface area contributed by atoms with Gasteiger partial charge in [0.15, 0.2) is 0 Å². The van der Waals surface area contributed by atoms with Crippen LogP contribution < -0.4 is 5.73 Å². The molecule has 0 saturated heterocycles. The van der Waals surface area contributed by atoms with E-state index >= 15 is 0 Å². The Morgan fingerprint density at radius 3 is 2.76 bits per heavy atom. The van der Waals surface area contributed by atoms with Crippen molar-refractivity contribution in [1.29, 1.82) is 0 Å². The summed E-state index contributed by atoms with van der Waals surface area (Å²) in [5.74, 6) is 0.841. The van der Waals surface area contributed by atoms with Crippen molar-refractivity contribution in [3.05, 3.63) is 58.6 Å². The van der Waals surface area contributed by atoms with Gasteiger partial charge in [0.05, 0.1) is 0 Å². The van der Waals surface area contributed by atoms with E-state index in [4.69, 9.17) is 17.3 Å². The van der Waals surface area contributed by atoms with Crippen LogP contribution in [0.4, 0.5) is 5.69 Å². The normalized spacial score (nSPS) is 10.5. The van der Waals surface area contributed by atoms with Crippen LogP contribution in [0, 0.1) is 6.92 Å². The molecule has 0 heterocycles. The van der Waals surface area contributed by atoms with Crippen LogP contribution in [0.2, 0.25) is 5.02 Å². The Morgan fingerprint density at radius 1 is 1.18 bits per heavy atom. The number of anilines is 1. The lowest BCUT2D eigenvalue weighted by atomic mass is 10.2. The molecule has 1 nitrogen and oxygen atoms in total. The second-order valence-corrected chi connectivity index (χ2v) is 5.41. The van der Waals surface area contributed by atoms with E-state index in [1.165, 1.54) is 10.5 Å². The zero-order valence-electron chi connectivity index (χ0n) is 9.61. The zero-order chi connectivity index (χ0) is 12.3. The molecule has 2 rings (SSSR count). The van der Waals surface area contributed by atoms with E-state index in [2.05, 4.69) is 31.2 Å². The third kappa shape index (κ3) is 3.42. The van der Waals surface area contributed by atoms with E-state index in [0.29, 0.717) is 0 Å². The van der Waals surface area contributed by atoms with Crippen molar-refractivity contribution in [3.63, 3.8) is 0 Å². The summed E-state index contributed by atoms with van der Waals surface area (Å²) in [4.78, 5) is 1.25. The van der Waals surface area contributed by atoms with Gasteiger partial charge in [-0.25, -0.2) is 0 Å². The maximum atomic E-state index is 6.12. The summed E-state index contributed by atoms with van der Waals surface area (Å²) < 4.78 is 0. The minimum Gasteiger partial charge on any atom is -0.399 e. The fourth-order valence-electron chi connectivity index (χ4n) is 1.57. The molecule has 0 aromatic heterocycles. The highest BCUT2D eigenvalue weighted by Gasteiger charge is 2.02. The first-order chi connectivity index (χ1) is 8.15. The third-order valence-corrected chi connectivity index (χ3v) is 3.86. The molecule has 0 amide bonds. The molecule has 0 aliphatic heterocycles. The van der Waals surface area contributed by atoms with Gasteiger partial charge < -0.3 is 5.73 Å². The molecule has 0 aliphatic carbocycles. The molecule has 3 heteroatoms. The van der Waals surface area contributed by atoms with Gasteiger partial charge in [0.1, 0.15) is 0 Å². The quantitative estimate of drug-likeness (QED) is 0.651. The van der Waals surface area contributed by atoms with E-state index in [9.17, 15) is 0 Å². The molecule has 0 aliphatic rings. The highest BCUT2D eigenvalue weighted by atomic mass is 35.5. The van der Waals surface area contributed by atoms with Crippen molar-refractivity contribution in [2.24, 2.45) is 0 Å². The number of aryl methyl sites for hydroxylation is 1. The first-order valence-corrected chi connectivity index (χ1v) is 6.75. The predicted molar refractivity (Wildman–Crippen MR) is 76.6 cm³/mol. The van der Waals surface area contributed by atoms with Gasteiger partial charge in [0.2, 0.25) is 0 Å². The fourth-order valence-corrected chi connectivity index (χ4v) is 2.84. The monoisotopic (exact) mass is 263 g/mol. The highest BCUT2D eigenvalue weighted by Crippen LogP contribution is 2.28. The summed E-state index contributed by atoms with van der Waals surface area (Å²) in [5.41, 5.74) is 8.86. The van der Waals surface area contributed by atoms with Crippen LogP contribution in [0.15, 0.2) is 47.4 Å². The maximum Gasteiger partial charge on any atom is 0.0448 e. The van der Waals surface area contributed by atoms with Crippen LogP contribution in [0.5, 0.6) is 0 Å². The molecule has 0 atom stereocenters. The molecule has 0 unspecified atom stereocenters. The molecule has 0 saturated carbocycles. The topological polar surface area (TPSA) is 26.0 Å². The molecule has 2 N–H and O–H groups in total. The van der Waals surface area contributed by atoms with Gasteiger partial charge >= 0.3 is 0 Å². The van der Waals surface area contributed by atoms with Crippen LogP contribution in [0.3, 0.4) is 0 Å². The van der Waals surface area contributed by atoms with Crippen LogP contribution in [-0.2, 0) is 5.75 Å². The number of thioether (sulfide) groups is 1. The minimum atomic E-state index is 0.759. The lowest BCUT2D eigenvalue weighted by Gasteiger charge is -2.06. The molecular weight excluding hydrogens is 250 g/mol. The van der Waals surface area contributed by atoms with E-state index in [0.717, 1.165) is 22.0 Å². The Bertz CT molecular complexity index is 525. The van der Waals surface area contributed by atoms with Gasteiger partial charge in [-0.05, 0) is 42.8 Å². The van der Waals surface area contributed by atoms with Gasteiger partial charge in [-0.15, -0.1) is 11.8 Å². The number of hydrogen-bond donors (Lipinski definition) is 1. The van der Waals surface area contributed by atoms with Crippen LogP contribution in [-0.4, -0.2) is 0 Å². The van der Waals surface area contributed by atoms with Gasteiger partial charge in [-0.3, -0.25) is 0 Å². The summed E-state index contributed by atoms with van der Waals surface area (Å²) in [5, 5.41) is 0.777. The van der Waals surface area contributed by atoms with Gasteiger partial charge in [-0.1, -0.05) is 29.3 Å². The molecule has 0 spiro atoms. The average Bonchev–Trinajstić information content (AvgIpc) is 2.30. The molecule has 2 aromatic rings. The SMILES string of the molecule is Cc1cccc(SCc2cc(N)ccc2Cl)c1. The number of nitrogens with two attached hydrogens (primary N) is 1. The summed E-state index contributed by atoms with van der Waals surface area (Å²) >= 11 is 7.90. The lowest BCUT2D eigenvalue weighted by Crippen LogP contribution is -1.88. The Labute approximate surface area is 111 Å². The lowest BCUT2D eigenvalue weighted by molar-refractivity contribution is 1.34. The summed E-state index contributed by atoms with van der Waals surface area (Å²) in [6.07, 6.45) is 0. The second-order valence-electron chi connectivity index (χ2n) is 3.96. The van der Waals surface area contributed by atoms with Crippen molar-refractivity contribution < 1.29 is 0 Å². The minimum absolute atomic E-state index is 0.759. The number of rotatable bonds is 3. The van der Waals surface area contributed by atoms with Crippen LogP contribution in [0.1, 0.15) is 11.1 Å². The standard InChI is InChI=1S/C14H14ClNS/c1-10-3-2-4-13(7-10)17-9-11-8-12(16)5-6-14(11)15/h2-8H,9,16H2,1H3.